The second-order valence-corrected chi connectivity index (χ2v) is 7.90. The largest absolute Gasteiger partial charge is 0.351 e. The zero-order chi connectivity index (χ0) is 19.3. The Bertz CT molecular complexity index is 1150. The number of nitrogens with one attached hydrogen (secondary N) is 1. The lowest BCUT2D eigenvalue weighted by Gasteiger charge is -2.12. The first-order valence-corrected chi connectivity index (χ1v) is 10.6. The summed E-state index contributed by atoms with van der Waals surface area (Å²) in [4.78, 5) is 30.6. The third-order valence-corrected chi connectivity index (χ3v) is 5.89. The molecule has 0 bridgehead atoms. The molecule has 1 amide bonds. The number of rotatable bonds is 6. The summed E-state index contributed by atoms with van der Waals surface area (Å²) in [6, 6.07) is 20.9. The predicted octanol–water partition coefficient (Wildman–Crippen LogP) is 3.86. The van der Waals surface area contributed by atoms with E-state index in [1.807, 2.05) is 66.0 Å². The van der Waals surface area contributed by atoms with Crippen molar-refractivity contribution in [3.05, 3.63) is 88.0 Å². The summed E-state index contributed by atoms with van der Waals surface area (Å²) in [6.07, 6.45) is 0. The lowest BCUT2D eigenvalue weighted by molar-refractivity contribution is -0.118. The molecule has 2 aromatic carbocycles. The molecule has 4 aromatic rings. The maximum Gasteiger partial charge on any atom is 0.267 e. The molecule has 140 valence electrons. The van der Waals surface area contributed by atoms with E-state index >= 15 is 0 Å². The molecule has 0 aliphatic heterocycles. The highest BCUT2D eigenvalue weighted by Gasteiger charge is 2.15. The molecular formula is C21H17N3O2S2. The Morgan fingerprint density at radius 3 is 2.50 bits per heavy atom. The molecular weight excluding hydrogens is 390 g/mol. The van der Waals surface area contributed by atoms with Crippen LogP contribution in [0.2, 0.25) is 0 Å². The van der Waals surface area contributed by atoms with Crippen molar-refractivity contribution in [1.82, 2.24) is 14.9 Å². The third kappa shape index (κ3) is 4.00. The molecule has 0 aliphatic carbocycles. The fourth-order valence-corrected chi connectivity index (χ4v) is 4.42. The summed E-state index contributed by atoms with van der Waals surface area (Å²) < 4.78 is 1.57. The smallest absolute Gasteiger partial charge is 0.267 e. The second kappa shape index (κ2) is 8.41. The number of hydrogen-bond acceptors (Lipinski definition) is 5. The fourth-order valence-electron chi connectivity index (χ4n) is 2.77. The van der Waals surface area contributed by atoms with Crippen molar-refractivity contribution in [2.45, 2.75) is 11.7 Å². The van der Waals surface area contributed by atoms with E-state index in [1.54, 1.807) is 10.6 Å². The molecule has 4 rings (SSSR count). The highest BCUT2D eigenvalue weighted by atomic mass is 32.2. The summed E-state index contributed by atoms with van der Waals surface area (Å²) in [5.41, 5.74) is 1.66. The lowest BCUT2D eigenvalue weighted by Crippen LogP contribution is -2.26. The maximum atomic E-state index is 13.0. The van der Waals surface area contributed by atoms with Gasteiger partial charge in [-0.1, -0.05) is 60.3 Å². The number of thiophene rings is 1. The molecule has 0 aliphatic rings. The number of aromatic nitrogens is 2. The predicted molar refractivity (Wildman–Crippen MR) is 114 cm³/mol. The third-order valence-electron chi connectivity index (χ3n) is 4.15. The fraction of sp³-hybridized carbons (Fsp3) is 0.0952. The van der Waals surface area contributed by atoms with Crippen LogP contribution in [0.15, 0.2) is 82.1 Å². The van der Waals surface area contributed by atoms with Gasteiger partial charge in [0.1, 0.15) is 4.83 Å². The Balaban J connectivity index is 1.56. The minimum absolute atomic E-state index is 0.103. The molecule has 0 radical (unpaired) electrons. The van der Waals surface area contributed by atoms with Crippen molar-refractivity contribution in [3.63, 3.8) is 0 Å². The van der Waals surface area contributed by atoms with E-state index in [4.69, 9.17) is 0 Å². The number of para-hydroxylation sites is 1. The first kappa shape index (κ1) is 18.5. The quantitative estimate of drug-likeness (QED) is 0.389. The molecule has 2 heterocycles. The van der Waals surface area contributed by atoms with Crippen LogP contribution in [0, 0.1) is 0 Å². The second-order valence-electron chi connectivity index (χ2n) is 6.06. The van der Waals surface area contributed by atoms with Gasteiger partial charge in [0.15, 0.2) is 5.16 Å². The molecule has 5 nitrogen and oxygen atoms in total. The van der Waals surface area contributed by atoms with Crippen LogP contribution >= 0.6 is 23.1 Å². The van der Waals surface area contributed by atoms with Gasteiger partial charge in [-0.15, -0.1) is 11.3 Å². The molecule has 1 N–H and O–H groups in total. The number of nitrogens with zero attached hydrogens (tertiary/aromatic N) is 2. The molecule has 0 unspecified atom stereocenters. The van der Waals surface area contributed by atoms with Crippen LogP contribution in [0.25, 0.3) is 15.9 Å². The van der Waals surface area contributed by atoms with Crippen LogP contribution < -0.4 is 10.9 Å². The number of amides is 1. The molecule has 2 aromatic heterocycles. The van der Waals surface area contributed by atoms with Gasteiger partial charge < -0.3 is 5.32 Å². The van der Waals surface area contributed by atoms with Gasteiger partial charge in [0.25, 0.3) is 5.56 Å². The van der Waals surface area contributed by atoms with Crippen molar-refractivity contribution in [2.24, 2.45) is 0 Å². The topological polar surface area (TPSA) is 64.0 Å². The van der Waals surface area contributed by atoms with Crippen LogP contribution in [0.5, 0.6) is 0 Å². The van der Waals surface area contributed by atoms with E-state index in [0.717, 1.165) is 11.3 Å². The average molecular weight is 408 g/mol. The van der Waals surface area contributed by atoms with Gasteiger partial charge in [-0.2, -0.15) is 0 Å². The Morgan fingerprint density at radius 2 is 1.75 bits per heavy atom. The van der Waals surface area contributed by atoms with Crippen molar-refractivity contribution in [3.8, 4) is 5.69 Å². The minimum Gasteiger partial charge on any atom is -0.351 e. The number of carbonyl (C=O) groups is 1. The number of hydrogen-bond donors (Lipinski definition) is 1. The Labute approximate surface area is 170 Å². The van der Waals surface area contributed by atoms with Crippen molar-refractivity contribution >= 4 is 39.2 Å². The zero-order valence-electron chi connectivity index (χ0n) is 14.9. The molecule has 0 fully saturated rings. The Morgan fingerprint density at radius 1 is 1.04 bits per heavy atom. The monoisotopic (exact) mass is 407 g/mol. The average Bonchev–Trinajstić information content (AvgIpc) is 3.21. The standard InChI is InChI=1S/C21H17N3O2S2/c25-18(22-13-15-7-3-1-4-8-15)14-28-21-23-19-17(11-12-27-19)20(26)24(21)16-9-5-2-6-10-16/h1-12H,13-14H2,(H,22,25). The van der Waals surface area contributed by atoms with Crippen LogP contribution in [-0.4, -0.2) is 21.2 Å². The van der Waals surface area contributed by atoms with E-state index in [0.29, 0.717) is 21.9 Å². The molecule has 0 saturated carbocycles. The number of carbonyl (C=O) groups excluding carboxylic acids is 1. The summed E-state index contributed by atoms with van der Waals surface area (Å²) in [6.45, 7) is 0.475. The van der Waals surface area contributed by atoms with E-state index in [1.165, 1.54) is 23.1 Å². The Kier molecular flexibility index (Phi) is 5.55. The van der Waals surface area contributed by atoms with Gasteiger partial charge in [0.2, 0.25) is 5.91 Å². The summed E-state index contributed by atoms with van der Waals surface area (Å²) in [5, 5.41) is 5.86. The van der Waals surface area contributed by atoms with E-state index in [2.05, 4.69) is 10.3 Å². The summed E-state index contributed by atoms with van der Waals surface area (Å²) >= 11 is 2.69. The van der Waals surface area contributed by atoms with Gasteiger partial charge >= 0.3 is 0 Å². The Hall–Kier alpha value is -2.90. The van der Waals surface area contributed by atoms with Crippen LogP contribution in [0.4, 0.5) is 0 Å². The molecule has 0 atom stereocenters. The SMILES string of the molecule is O=C(CSc1nc2sccc2c(=O)n1-c1ccccc1)NCc1ccccc1. The molecule has 28 heavy (non-hydrogen) atoms. The van der Waals surface area contributed by atoms with E-state index < -0.39 is 0 Å². The maximum absolute atomic E-state index is 13.0. The highest BCUT2D eigenvalue weighted by molar-refractivity contribution is 7.99. The van der Waals surface area contributed by atoms with Gasteiger partial charge in [-0.25, -0.2) is 4.98 Å². The van der Waals surface area contributed by atoms with Gasteiger partial charge in [-0.05, 0) is 29.1 Å². The van der Waals surface area contributed by atoms with Crippen LogP contribution in [0.3, 0.4) is 0 Å². The number of benzene rings is 2. The van der Waals surface area contributed by atoms with Crippen molar-refractivity contribution < 1.29 is 4.79 Å². The number of fused-ring (bicyclic) bond motifs is 1. The summed E-state index contributed by atoms with van der Waals surface area (Å²) in [5.74, 6) is 0.0807. The van der Waals surface area contributed by atoms with E-state index in [9.17, 15) is 9.59 Å². The van der Waals surface area contributed by atoms with Gasteiger partial charge in [-0.3, -0.25) is 14.2 Å². The minimum atomic E-state index is -0.121. The van der Waals surface area contributed by atoms with E-state index in [-0.39, 0.29) is 17.2 Å². The van der Waals surface area contributed by atoms with Crippen LogP contribution in [0.1, 0.15) is 5.56 Å². The first-order chi connectivity index (χ1) is 13.7. The lowest BCUT2D eigenvalue weighted by atomic mass is 10.2. The first-order valence-electron chi connectivity index (χ1n) is 8.71. The number of thioether (sulfide) groups is 1. The van der Waals surface area contributed by atoms with Crippen LogP contribution in [-0.2, 0) is 11.3 Å². The highest BCUT2D eigenvalue weighted by Crippen LogP contribution is 2.23. The molecule has 0 saturated heterocycles. The molecule has 0 spiro atoms. The van der Waals surface area contributed by atoms with Gasteiger partial charge in [0.05, 0.1) is 16.8 Å². The normalized spacial score (nSPS) is 10.9. The van der Waals surface area contributed by atoms with Crippen molar-refractivity contribution in [2.75, 3.05) is 5.75 Å². The van der Waals surface area contributed by atoms with Crippen molar-refractivity contribution in [1.29, 1.82) is 0 Å². The summed E-state index contributed by atoms with van der Waals surface area (Å²) in [7, 11) is 0. The van der Waals surface area contributed by atoms with Gasteiger partial charge in [0, 0.05) is 6.54 Å². The zero-order valence-corrected chi connectivity index (χ0v) is 16.5. The molecule has 7 heteroatoms.